The summed E-state index contributed by atoms with van der Waals surface area (Å²) in [6, 6.07) is 7.90. The number of allylic oxidation sites excluding steroid dienone is 2. The van der Waals surface area contributed by atoms with Crippen molar-refractivity contribution in [2.75, 3.05) is 25.6 Å². The number of anilines is 1. The van der Waals surface area contributed by atoms with Crippen LogP contribution in [0.4, 0.5) is 5.69 Å². The number of amides is 1. The minimum atomic E-state index is -0.246. The Morgan fingerprint density at radius 3 is 2.76 bits per heavy atom. The number of hydrogen-bond donors (Lipinski definition) is 1. The Hall–Kier alpha value is -2.30. The molecule has 1 amide bonds. The predicted octanol–water partition coefficient (Wildman–Crippen LogP) is 2.29. The van der Waals surface area contributed by atoms with Gasteiger partial charge in [0, 0.05) is 26.2 Å². The molecule has 21 heavy (non-hydrogen) atoms. The van der Waals surface area contributed by atoms with Gasteiger partial charge >= 0.3 is 0 Å². The van der Waals surface area contributed by atoms with Crippen LogP contribution < -0.4 is 10.3 Å². The van der Waals surface area contributed by atoms with Crippen LogP contribution in [0.2, 0.25) is 0 Å². The lowest BCUT2D eigenvalue weighted by molar-refractivity contribution is -0.124. The van der Waals surface area contributed by atoms with E-state index in [0.29, 0.717) is 0 Å². The van der Waals surface area contributed by atoms with E-state index in [1.54, 1.807) is 6.21 Å². The van der Waals surface area contributed by atoms with Crippen molar-refractivity contribution >= 4 is 17.8 Å². The average Bonchev–Trinajstić information content (AvgIpc) is 2.99. The van der Waals surface area contributed by atoms with Crippen molar-refractivity contribution in [3.05, 3.63) is 41.7 Å². The van der Waals surface area contributed by atoms with E-state index in [1.165, 1.54) is 0 Å². The molecule has 1 aliphatic rings. The summed E-state index contributed by atoms with van der Waals surface area (Å²) in [6.07, 6.45) is 6.72. The first-order chi connectivity index (χ1) is 10.1. The Bertz CT molecular complexity index is 533. The van der Waals surface area contributed by atoms with E-state index in [1.807, 2.05) is 49.3 Å². The van der Waals surface area contributed by atoms with E-state index in [0.717, 1.165) is 36.3 Å². The molecular formula is C16H21N3O2. The molecule has 0 radical (unpaired) electrons. The third kappa shape index (κ3) is 4.95. The van der Waals surface area contributed by atoms with Gasteiger partial charge in [0.15, 0.2) is 6.61 Å². The van der Waals surface area contributed by atoms with Crippen LogP contribution in [-0.4, -0.2) is 32.8 Å². The third-order valence-corrected chi connectivity index (χ3v) is 3.20. The summed E-state index contributed by atoms with van der Waals surface area (Å²) < 4.78 is 5.38. The molecule has 112 valence electrons. The van der Waals surface area contributed by atoms with Gasteiger partial charge in [0.25, 0.3) is 5.91 Å². The lowest BCUT2D eigenvalue weighted by Gasteiger charge is -2.11. The van der Waals surface area contributed by atoms with Crippen molar-refractivity contribution < 1.29 is 9.53 Å². The molecule has 1 aliphatic carbocycles. The lowest BCUT2D eigenvalue weighted by Crippen LogP contribution is -2.22. The Morgan fingerprint density at radius 1 is 1.38 bits per heavy atom. The fourth-order valence-electron chi connectivity index (χ4n) is 2.00. The van der Waals surface area contributed by atoms with Crippen LogP contribution in [0.3, 0.4) is 0 Å². The SMILES string of the molecule is CN(C)c1ccc(/C=N/NC(=O)COC2=CCCC2)cc1. The number of hydrogen-bond acceptors (Lipinski definition) is 4. The Labute approximate surface area is 125 Å². The van der Waals surface area contributed by atoms with Gasteiger partial charge in [-0.2, -0.15) is 5.10 Å². The van der Waals surface area contributed by atoms with Gasteiger partial charge in [-0.15, -0.1) is 0 Å². The first-order valence-electron chi connectivity index (χ1n) is 7.06. The maximum absolute atomic E-state index is 11.5. The molecule has 1 aromatic rings. The van der Waals surface area contributed by atoms with Crippen molar-refractivity contribution in [2.45, 2.75) is 19.3 Å². The van der Waals surface area contributed by atoms with Crippen molar-refractivity contribution in [1.29, 1.82) is 0 Å². The molecule has 0 atom stereocenters. The lowest BCUT2D eigenvalue weighted by atomic mass is 10.2. The van der Waals surface area contributed by atoms with Crippen LogP contribution in [0.5, 0.6) is 0 Å². The first-order valence-corrected chi connectivity index (χ1v) is 7.06. The van der Waals surface area contributed by atoms with Crippen LogP contribution >= 0.6 is 0 Å². The van der Waals surface area contributed by atoms with E-state index < -0.39 is 0 Å². The van der Waals surface area contributed by atoms with Gasteiger partial charge in [-0.25, -0.2) is 5.43 Å². The predicted molar refractivity (Wildman–Crippen MR) is 84.4 cm³/mol. The van der Waals surface area contributed by atoms with Gasteiger partial charge < -0.3 is 9.64 Å². The second kappa shape index (κ2) is 7.47. The zero-order valence-electron chi connectivity index (χ0n) is 12.5. The molecule has 5 nitrogen and oxygen atoms in total. The Kier molecular flexibility index (Phi) is 5.37. The Morgan fingerprint density at radius 2 is 2.14 bits per heavy atom. The highest BCUT2D eigenvalue weighted by atomic mass is 16.5. The number of nitrogens with one attached hydrogen (secondary N) is 1. The summed E-state index contributed by atoms with van der Waals surface area (Å²) in [7, 11) is 3.98. The van der Waals surface area contributed by atoms with Crippen LogP contribution in [0.25, 0.3) is 0 Å². The molecule has 1 aromatic carbocycles. The van der Waals surface area contributed by atoms with Crippen molar-refractivity contribution in [1.82, 2.24) is 5.43 Å². The number of carbonyl (C=O) groups excluding carboxylic acids is 1. The summed E-state index contributed by atoms with van der Waals surface area (Å²) in [4.78, 5) is 13.6. The normalized spacial score (nSPS) is 14.1. The van der Waals surface area contributed by atoms with Gasteiger partial charge in [0.05, 0.1) is 12.0 Å². The average molecular weight is 287 g/mol. The minimum Gasteiger partial charge on any atom is -0.488 e. The van der Waals surface area contributed by atoms with Crippen LogP contribution in [0.1, 0.15) is 24.8 Å². The minimum absolute atomic E-state index is 0.0166. The standard InChI is InChI=1S/C16H21N3O2/c1-19(2)14-9-7-13(8-10-14)11-17-18-16(20)12-21-15-5-3-4-6-15/h5,7-11H,3-4,6,12H2,1-2H3,(H,18,20)/b17-11+. The summed E-state index contributed by atoms with van der Waals surface area (Å²) >= 11 is 0. The molecule has 0 bridgehead atoms. The number of nitrogens with zero attached hydrogens (tertiary/aromatic N) is 2. The number of carbonyl (C=O) groups is 1. The molecule has 2 rings (SSSR count). The number of rotatable bonds is 6. The van der Waals surface area contributed by atoms with Gasteiger partial charge in [0.1, 0.15) is 0 Å². The van der Waals surface area contributed by atoms with Crippen LogP contribution in [0, 0.1) is 0 Å². The molecular weight excluding hydrogens is 266 g/mol. The molecule has 5 heteroatoms. The smallest absolute Gasteiger partial charge is 0.277 e. The van der Waals surface area contributed by atoms with E-state index >= 15 is 0 Å². The maximum atomic E-state index is 11.5. The van der Waals surface area contributed by atoms with E-state index in [9.17, 15) is 4.79 Å². The van der Waals surface area contributed by atoms with Crippen molar-refractivity contribution in [3.8, 4) is 0 Å². The molecule has 0 saturated carbocycles. The monoisotopic (exact) mass is 287 g/mol. The van der Waals surface area contributed by atoms with Crippen LogP contribution in [0.15, 0.2) is 41.2 Å². The van der Waals surface area contributed by atoms with Crippen LogP contribution in [-0.2, 0) is 9.53 Å². The quantitative estimate of drug-likeness (QED) is 0.645. The fourth-order valence-corrected chi connectivity index (χ4v) is 2.00. The maximum Gasteiger partial charge on any atom is 0.277 e. The second-order valence-electron chi connectivity index (χ2n) is 5.13. The molecule has 0 aromatic heterocycles. The number of benzene rings is 1. The van der Waals surface area contributed by atoms with E-state index in [4.69, 9.17) is 4.74 Å². The van der Waals surface area contributed by atoms with Gasteiger partial charge in [-0.05, 0) is 36.6 Å². The molecule has 1 N–H and O–H groups in total. The van der Waals surface area contributed by atoms with Gasteiger partial charge in [-0.3, -0.25) is 4.79 Å². The summed E-state index contributed by atoms with van der Waals surface area (Å²) in [6.45, 7) is 0.0166. The zero-order valence-corrected chi connectivity index (χ0v) is 12.5. The summed E-state index contributed by atoms with van der Waals surface area (Å²) in [5, 5.41) is 3.92. The number of hydrazone groups is 1. The fraction of sp³-hybridized carbons (Fsp3) is 0.375. The van der Waals surface area contributed by atoms with E-state index in [2.05, 4.69) is 10.5 Å². The zero-order chi connectivity index (χ0) is 15.1. The van der Waals surface area contributed by atoms with E-state index in [-0.39, 0.29) is 12.5 Å². The molecule has 0 fully saturated rings. The Balaban J connectivity index is 1.74. The molecule has 0 heterocycles. The molecule has 0 aliphatic heterocycles. The number of ether oxygens (including phenoxy) is 1. The highest BCUT2D eigenvalue weighted by Gasteiger charge is 2.07. The highest BCUT2D eigenvalue weighted by molar-refractivity contribution is 5.83. The highest BCUT2D eigenvalue weighted by Crippen LogP contribution is 2.17. The summed E-state index contributed by atoms with van der Waals surface area (Å²) in [5.41, 5.74) is 4.51. The molecule has 0 saturated heterocycles. The van der Waals surface area contributed by atoms with Crippen molar-refractivity contribution in [2.24, 2.45) is 5.10 Å². The largest absolute Gasteiger partial charge is 0.488 e. The van der Waals surface area contributed by atoms with Gasteiger partial charge in [0.2, 0.25) is 0 Å². The second-order valence-corrected chi connectivity index (χ2v) is 5.13. The molecule has 0 unspecified atom stereocenters. The summed E-state index contributed by atoms with van der Waals surface area (Å²) in [5.74, 6) is 0.664. The topological polar surface area (TPSA) is 53.9 Å². The van der Waals surface area contributed by atoms with Crippen molar-refractivity contribution in [3.63, 3.8) is 0 Å². The van der Waals surface area contributed by atoms with Gasteiger partial charge in [-0.1, -0.05) is 12.1 Å². The first kappa shape index (κ1) is 15.1. The third-order valence-electron chi connectivity index (χ3n) is 3.20. The molecule has 0 spiro atoms.